The second-order valence-corrected chi connectivity index (χ2v) is 9.33. The maximum atomic E-state index is 12.2. The van der Waals surface area contributed by atoms with Crippen molar-refractivity contribution in [2.24, 2.45) is 0 Å². The number of aryl methyl sites for hydroxylation is 1. The number of nitrogens with zero attached hydrogens (tertiary/aromatic N) is 3. The molecule has 7 heteroatoms. The summed E-state index contributed by atoms with van der Waals surface area (Å²) in [6.07, 6.45) is 1.82. The van der Waals surface area contributed by atoms with Gasteiger partial charge >= 0.3 is 5.97 Å². The quantitative estimate of drug-likeness (QED) is 0.283. The van der Waals surface area contributed by atoms with E-state index in [0.29, 0.717) is 17.2 Å². The van der Waals surface area contributed by atoms with E-state index >= 15 is 0 Å². The van der Waals surface area contributed by atoms with Crippen LogP contribution in [0.1, 0.15) is 50.7 Å². The second kappa shape index (κ2) is 9.95. The highest BCUT2D eigenvalue weighted by molar-refractivity contribution is 7.80. The number of carbonyl (C=O) groups is 1. The van der Waals surface area contributed by atoms with Gasteiger partial charge in [-0.2, -0.15) is 0 Å². The zero-order chi connectivity index (χ0) is 25.2. The van der Waals surface area contributed by atoms with E-state index in [2.05, 4.69) is 51.8 Å². The van der Waals surface area contributed by atoms with E-state index < -0.39 is 0 Å². The summed E-state index contributed by atoms with van der Waals surface area (Å²) in [6, 6.07) is 25.9. The highest BCUT2D eigenvalue weighted by atomic mass is 32.1. The number of thiocarbonyl (C=S) groups is 1. The van der Waals surface area contributed by atoms with Crippen LogP contribution < -0.4 is 5.32 Å². The first kappa shape index (κ1) is 23.8. The largest absolute Gasteiger partial charge is 0.465 e. The maximum Gasteiger partial charge on any atom is 0.337 e. The van der Waals surface area contributed by atoms with Crippen molar-refractivity contribution < 1.29 is 9.53 Å². The van der Waals surface area contributed by atoms with Gasteiger partial charge in [0.25, 0.3) is 0 Å². The average Bonchev–Trinajstić information content (AvgIpc) is 3.39. The van der Waals surface area contributed by atoms with Crippen molar-refractivity contribution in [1.29, 1.82) is 0 Å². The maximum absolute atomic E-state index is 12.2. The van der Waals surface area contributed by atoms with Crippen molar-refractivity contribution in [3.63, 3.8) is 0 Å². The summed E-state index contributed by atoms with van der Waals surface area (Å²) in [5, 5.41) is 4.25. The average molecular weight is 497 g/mol. The van der Waals surface area contributed by atoms with E-state index in [-0.39, 0.29) is 18.1 Å². The van der Waals surface area contributed by atoms with Gasteiger partial charge in [-0.05, 0) is 73.6 Å². The minimum Gasteiger partial charge on any atom is -0.465 e. The zero-order valence-corrected chi connectivity index (χ0v) is 21.3. The highest BCUT2D eigenvalue weighted by Gasteiger charge is 2.41. The van der Waals surface area contributed by atoms with E-state index in [1.54, 1.807) is 6.07 Å². The van der Waals surface area contributed by atoms with Crippen molar-refractivity contribution in [1.82, 2.24) is 19.8 Å². The van der Waals surface area contributed by atoms with Gasteiger partial charge in [-0.3, -0.25) is 4.98 Å². The number of hydrogen-bond donors (Lipinski definition) is 1. The van der Waals surface area contributed by atoms with Crippen LogP contribution in [-0.4, -0.2) is 32.6 Å². The first-order valence-corrected chi connectivity index (χ1v) is 12.3. The minimum absolute atomic E-state index is 0.0589. The number of benzene rings is 2. The van der Waals surface area contributed by atoms with Gasteiger partial charge in [0.15, 0.2) is 5.11 Å². The molecule has 3 heterocycles. The van der Waals surface area contributed by atoms with Gasteiger partial charge in [0.05, 0.1) is 30.5 Å². The molecule has 2 aromatic carbocycles. The number of nitrogens with one attached hydrogen (secondary N) is 1. The molecule has 5 rings (SSSR count). The molecule has 0 bridgehead atoms. The Morgan fingerprint density at radius 2 is 1.81 bits per heavy atom. The van der Waals surface area contributed by atoms with Crippen LogP contribution in [0.15, 0.2) is 85.1 Å². The third-order valence-corrected chi connectivity index (χ3v) is 7.06. The monoisotopic (exact) mass is 496 g/mol. The summed E-state index contributed by atoms with van der Waals surface area (Å²) in [5.41, 5.74) is 6.88. The zero-order valence-electron chi connectivity index (χ0n) is 20.5. The number of methoxy groups -OCH3 is 1. The Morgan fingerprint density at radius 1 is 1.03 bits per heavy atom. The molecular weight excluding hydrogens is 468 g/mol. The third-order valence-electron chi connectivity index (χ3n) is 6.71. The van der Waals surface area contributed by atoms with Gasteiger partial charge in [0.2, 0.25) is 0 Å². The first-order valence-electron chi connectivity index (χ1n) is 11.9. The van der Waals surface area contributed by atoms with Crippen molar-refractivity contribution in [2.45, 2.75) is 32.5 Å². The van der Waals surface area contributed by atoms with Gasteiger partial charge in [-0.1, -0.05) is 42.5 Å². The molecule has 6 nitrogen and oxygen atoms in total. The Bertz CT molecular complexity index is 1400. The molecule has 0 aliphatic carbocycles. The fraction of sp³-hybridized carbons (Fsp3) is 0.207. The van der Waals surface area contributed by atoms with Crippen LogP contribution in [0.4, 0.5) is 0 Å². The Kier molecular flexibility index (Phi) is 6.57. The summed E-state index contributed by atoms with van der Waals surface area (Å²) < 4.78 is 7.12. The molecular formula is C29H28N4O2S. The van der Waals surface area contributed by atoms with E-state index in [1.165, 1.54) is 12.7 Å². The molecule has 0 saturated carbocycles. The number of aromatic nitrogens is 2. The summed E-state index contributed by atoms with van der Waals surface area (Å²) in [5.74, 6) is -0.353. The molecule has 4 aromatic rings. The summed E-state index contributed by atoms with van der Waals surface area (Å²) in [4.78, 5) is 19.1. The smallest absolute Gasteiger partial charge is 0.337 e. The predicted octanol–water partition coefficient (Wildman–Crippen LogP) is 5.45. The molecule has 2 aromatic heterocycles. The number of esters is 1. The van der Waals surface area contributed by atoms with Crippen molar-refractivity contribution >= 4 is 23.3 Å². The third kappa shape index (κ3) is 4.38. The lowest BCUT2D eigenvalue weighted by atomic mass is 9.96. The second-order valence-electron chi connectivity index (χ2n) is 8.94. The van der Waals surface area contributed by atoms with Crippen LogP contribution in [0.25, 0.3) is 5.69 Å². The molecule has 1 N–H and O–H groups in total. The lowest BCUT2D eigenvalue weighted by Crippen LogP contribution is -2.29. The molecule has 1 aliphatic heterocycles. The SMILES string of the molecule is COC(=O)c1cccc(-n2c(C)cc([C@@H]3[C@H](c4ccccn4)NC(=S)N3Cc3ccccc3)c2C)c1. The molecule has 0 spiro atoms. The molecule has 36 heavy (non-hydrogen) atoms. The number of ether oxygens (including phenoxy) is 1. The fourth-order valence-electron chi connectivity index (χ4n) is 5.07. The van der Waals surface area contributed by atoms with Crippen LogP contribution in [-0.2, 0) is 11.3 Å². The normalized spacial score (nSPS) is 17.2. The number of hydrogen-bond acceptors (Lipinski definition) is 4. The topological polar surface area (TPSA) is 59.4 Å². The minimum atomic E-state index is -0.353. The molecule has 2 atom stereocenters. The standard InChI is InChI=1S/C29H28N4O2S/c1-19-16-24(20(2)33(19)23-13-9-12-22(17-23)28(34)35-3)27-26(25-14-7-8-15-30-25)31-29(36)32(27)18-21-10-5-4-6-11-21/h4-17,26-27H,18H2,1-3H3,(H,31,36)/t26-,27+/m0/s1. The van der Waals surface area contributed by atoms with Crippen molar-refractivity contribution in [2.75, 3.05) is 7.11 Å². The van der Waals surface area contributed by atoms with Crippen LogP contribution in [0.3, 0.4) is 0 Å². The lowest BCUT2D eigenvalue weighted by molar-refractivity contribution is 0.0600. The van der Waals surface area contributed by atoms with Crippen LogP contribution in [0.5, 0.6) is 0 Å². The Morgan fingerprint density at radius 3 is 2.53 bits per heavy atom. The molecule has 0 unspecified atom stereocenters. The van der Waals surface area contributed by atoms with E-state index in [9.17, 15) is 4.79 Å². The summed E-state index contributed by atoms with van der Waals surface area (Å²) in [7, 11) is 1.40. The van der Waals surface area contributed by atoms with Gasteiger partial charge in [-0.25, -0.2) is 4.79 Å². The van der Waals surface area contributed by atoms with Crippen LogP contribution >= 0.6 is 12.2 Å². The molecule has 0 amide bonds. The Balaban J connectivity index is 1.61. The number of pyridine rings is 1. The molecule has 1 fully saturated rings. The molecule has 182 valence electrons. The summed E-state index contributed by atoms with van der Waals surface area (Å²) >= 11 is 5.86. The number of rotatable bonds is 6. The van der Waals surface area contributed by atoms with Gasteiger partial charge < -0.3 is 19.5 Å². The van der Waals surface area contributed by atoms with E-state index in [1.807, 2.05) is 60.8 Å². The summed E-state index contributed by atoms with van der Waals surface area (Å²) in [6.45, 7) is 4.88. The van der Waals surface area contributed by atoms with E-state index in [0.717, 1.165) is 28.3 Å². The fourth-order valence-corrected chi connectivity index (χ4v) is 5.37. The first-order chi connectivity index (χ1) is 17.5. The van der Waals surface area contributed by atoms with E-state index in [4.69, 9.17) is 17.0 Å². The molecule has 1 saturated heterocycles. The van der Waals surface area contributed by atoms with Crippen molar-refractivity contribution in [3.05, 3.63) is 119 Å². The van der Waals surface area contributed by atoms with Crippen molar-refractivity contribution in [3.8, 4) is 5.69 Å². The lowest BCUT2D eigenvalue weighted by Gasteiger charge is -2.28. The molecule has 1 aliphatic rings. The van der Waals surface area contributed by atoms with Gasteiger partial charge in [0.1, 0.15) is 0 Å². The molecule has 0 radical (unpaired) electrons. The Labute approximate surface area is 216 Å². The van der Waals surface area contributed by atoms with Crippen LogP contribution in [0.2, 0.25) is 0 Å². The van der Waals surface area contributed by atoms with Crippen LogP contribution in [0, 0.1) is 13.8 Å². The Hall–Kier alpha value is -3.97. The highest BCUT2D eigenvalue weighted by Crippen LogP contribution is 2.42. The predicted molar refractivity (Wildman–Crippen MR) is 144 cm³/mol. The van der Waals surface area contributed by atoms with Gasteiger partial charge in [-0.15, -0.1) is 0 Å². The van der Waals surface area contributed by atoms with Gasteiger partial charge in [0, 0.05) is 29.8 Å². The number of carbonyl (C=O) groups excluding carboxylic acids is 1.